The molecule has 0 radical (unpaired) electrons. The van der Waals surface area contributed by atoms with Crippen LogP contribution >= 0.6 is 0 Å². The average molecular weight is 309 g/mol. The van der Waals surface area contributed by atoms with Crippen LogP contribution in [-0.4, -0.2) is 75.6 Å². The summed E-state index contributed by atoms with van der Waals surface area (Å²) in [4.78, 5) is 30.3. The molecule has 1 saturated carbocycles. The number of hydrogen-bond donors (Lipinski definition) is 1. The fourth-order valence-corrected chi connectivity index (χ4v) is 4.22. The van der Waals surface area contributed by atoms with Gasteiger partial charge in [0.25, 0.3) is 0 Å². The molecule has 1 aliphatic carbocycles. The molecule has 6 heteroatoms. The summed E-state index contributed by atoms with van der Waals surface area (Å²) in [6.45, 7) is 9.82. The molecule has 3 fully saturated rings. The van der Waals surface area contributed by atoms with Crippen molar-refractivity contribution in [1.82, 2.24) is 14.7 Å². The molecule has 3 aliphatic rings. The quantitative estimate of drug-likeness (QED) is 0.839. The minimum atomic E-state index is -0.753. The number of rotatable bonds is 2. The number of fused-ring (bicyclic) bond motifs is 1. The predicted octanol–water partition coefficient (Wildman–Crippen LogP) is 1.46. The Hall–Kier alpha value is -1.30. The van der Waals surface area contributed by atoms with Crippen molar-refractivity contribution >= 4 is 12.0 Å². The van der Waals surface area contributed by atoms with Crippen LogP contribution in [0.25, 0.3) is 0 Å². The number of carboxylic acids is 1. The van der Waals surface area contributed by atoms with Gasteiger partial charge in [0.2, 0.25) is 0 Å². The highest BCUT2D eigenvalue weighted by Gasteiger charge is 2.48. The third-order valence-electron chi connectivity index (χ3n) is 5.53. The normalized spacial score (nSPS) is 33.4. The number of hydrogen-bond acceptors (Lipinski definition) is 3. The Bertz CT molecular complexity index is 474. The first-order chi connectivity index (χ1) is 10.3. The van der Waals surface area contributed by atoms with Crippen LogP contribution in [0.3, 0.4) is 0 Å². The molecule has 2 amide bonds. The number of carbonyl (C=O) groups is 2. The number of amides is 2. The van der Waals surface area contributed by atoms with Crippen LogP contribution in [0.2, 0.25) is 0 Å². The Kier molecular flexibility index (Phi) is 3.83. The Morgan fingerprint density at radius 3 is 2.50 bits per heavy atom. The van der Waals surface area contributed by atoms with E-state index in [1.54, 1.807) is 0 Å². The van der Waals surface area contributed by atoms with E-state index in [0.717, 1.165) is 32.5 Å². The van der Waals surface area contributed by atoms with Gasteiger partial charge in [-0.25, -0.2) is 4.79 Å². The van der Waals surface area contributed by atoms with E-state index in [1.807, 2.05) is 9.80 Å². The molecule has 0 bridgehead atoms. The van der Waals surface area contributed by atoms with Gasteiger partial charge in [0.1, 0.15) is 0 Å². The van der Waals surface area contributed by atoms with Crippen LogP contribution in [0.5, 0.6) is 0 Å². The fourth-order valence-electron chi connectivity index (χ4n) is 4.22. The monoisotopic (exact) mass is 309 g/mol. The lowest BCUT2D eigenvalue weighted by molar-refractivity contribution is -0.142. The van der Waals surface area contributed by atoms with E-state index in [1.165, 1.54) is 0 Å². The zero-order valence-electron chi connectivity index (χ0n) is 13.8. The molecule has 2 heterocycles. The van der Waals surface area contributed by atoms with Gasteiger partial charge in [-0.05, 0) is 33.6 Å². The molecule has 0 aromatic carbocycles. The van der Waals surface area contributed by atoms with Gasteiger partial charge in [-0.1, -0.05) is 6.42 Å². The molecule has 1 N–H and O–H groups in total. The van der Waals surface area contributed by atoms with Crippen molar-refractivity contribution in [1.29, 1.82) is 0 Å². The first-order valence-electron chi connectivity index (χ1n) is 8.34. The van der Waals surface area contributed by atoms with E-state index in [0.29, 0.717) is 13.0 Å². The van der Waals surface area contributed by atoms with Gasteiger partial charge in [0.05, 0.1) is 12.0 Å². The van der Waals surface area contributed by atoms with Gasteiger partial charge >= 0.3 is 12.0 Å². The Morgan fingerprint density at radius 2 is 1.86 bits per heavy atom. The van der Waals surface area contributed by atoms with Gasteiger partial charge < -0.3 is 14.9 Å². The maximum atomic E-state index is 12.7. The van der Waals surface area contributed by atoms with Crippen molar-refractivity contribution in [2.75, 3.05) is 26.2 Å². The second-order valence-electron chi connectivity index (χ2n) is 7.84. The fraction of sp³-hybridized carbons (Fsp3) is 0.875. The van der Waals surface area contributed by atoms with Crippen LogP contribution in [0.15, 0.2) is 0 Å². The van der Waals surface area contributed by atoms with Crippen LogP contribution in [0.4, 0.5) is 4.79 Å². The summed E-state index contributed by atoms with van der Waals surface area (Å²) >= 11 is 0. The molecule has 6 nitrogen and oxygen atoms in total. The van der Waals surface area contributed by atoms with Crippen molar-refractivity contribution in [2.24, 2.45) is 5.92 Å². The summed E-state index contributed by atoms with van der Waals surface area (Å²) in [5.74, 6) is -1.14. The number of piperazine rings is 1. The van der Waals surface area contributed by atoms with Gasteiger partial charge in [-0.3, -0.25) is 9.69 Å². The van der Waals surface area contributed by atoms with Gasteiger partial charge in [-0.15, -0.1) is 0 Å². The van der Waals surface area contributed by atoms with E-state index in [2.05, 4.69) is 25.7 Å². The average Bonchev–Trinajstić information content (AvgIpc) is 3.02. The molecule has 0 spiro atoms. The summed E-state index contributed by atoms with van der Waals surface area (Å²) in [5.41, 5.74) is 0.111. The van der Waals surface area contributed by atoms with Crippen molar-refractivity contribution in [3.05, 3.63) is 0 Å². The highest BCUT2D eigenvalue weighted by atomic mass is 16.4. The van der Waals surface area contributed by atoms with Crippen LogP contribution in [-0.2, 0) is 4.79 Å². The Morgan fingerprint density at radius 1 is 1.14 bits per heavy atom. The standard InChI is InChI=1S/C16H27N3O3/c1-16(2,3)17-7-8-18-11(9-17)10-19(15(18)22)13-6-4-5-12(13)14(20)21/h11-13H,4-10H2,1-3H3,(H,20,21). The third-order valence-corrected chi connectivity index (χ3v) is 5.53. The van der Waals surface area contributed by atoms with Crippen molar-refractivity contribution in [2.45, 2.75) is 57.7 Å². The predicted molar refractivity (Wildman–Crippen MR) is 82.7 cm³/mol. The molecule has 3 atom stereocenters. The minimum Gasteiger partial charge on any atom is -0.481 e. The highest BCUT2D eigenvalue weighted by Crippen LogP contribution is 2.35. The van der Waals surface area contributed by atoms with Crippen LogP contribution < -0.4 is 0 Å². The zero-order valence-corrected chi connectivity index (χ0v) is 13.8. The van der Waals surface area contributed by atoms with Crippen LogP contribution in [0, 0.1) is 5.92 Å². The molecular formula is C16H27N3O3. The molecule has 3 rings (SSSR count). The zero-order chi connectivity index (χ0) is 16.1. The second kappa shape index (κ2) is 5.41. The summed E-state index contributed by atoms with van der Waals surface area (Å²) in [5, 5.41) is 9.38. The topological polar surface area (TPSA) is 64.1 Å². The lowest BCUT2D eigenvalue weighted by Gasteiger charge is -2.43. The first kappa shape index (κ1) is 15.6. The van der Waals surface area contributed by atoms with Gasteiger partial charge in [0, 0.05) is 37.8 Å². The second-order valence-corrected chi connectivity index (χ2v) is 7.84. The molecule has 0 aromatic rings. The summed E-state index contributed by atoms with van der Waals surface area (Å²) < 4.78 is 0. The summed E-state index contributed by atoms with van der Waals surface area (Å²) in [6, 6.07) is 0.144. The third kappa shape index (κ3) is 2.57. The lowest BCUT2D eigenvalue weighted by Crippen LogP contribution is -2.57. The van der Waals surface area contributed by atoms with Crippen molar-refractivity contribution in [3.63, 3.8) is 0 Å². The summed E-state index contributed by atoms with van der Waals surface area (Å²) in [7, 11) is 0. The molecule has 124 valence electrons. The minimum absolute atomic E-state index is 0.0525. The largest absolute Gasteiger partial charge is 0.481 e. The maximum absolute atomic E-state index is 12.7. The molecule has 0 aromatic heterocycles. The van der Waals surface area contributed by atoms with E-state index in [9.17, 15) is 14.7 Å². The molecule has 2 saturated heterocycles. The van der Waals surface area contributed by atoms with Crippen LogP contribution in [0.1, 0.15) is 40.0 Å². The molecular weight excluding hydrogens is 282 g/mol. The molecule has 3 unspecified atom stereocenters. The van der Waals surface area contributed by atoms with E-state index < -0.39 is 5.97 Å². The van der Waals surface area contributed by atoms with Crippen molar-refractivity contribution < 1.29 is 14.7 Å². The van der Waals surface area contributed by atoms with Gasteiger partial charge in [-0.2, -0.15) is 0 Å². The Balaban J connectivity index is 1.73. The number of carbonyl (C=O) groups excluding carboxylic acids is 1. The Labute approximate surface area is 132 Å². The number of carboxylic acid groups (broad SMARTS) is 1. The summed E-state index contributed by atoms with van der Waals surface area (Å²) in [6.07, 6.45) is 2.43. The lowest BCUT2D eigenvalue weighted by atomic mass is 10.0. The number of aliphatic carboxylic acids is 1. The SMILES string of the molecule is CC(C)(C)N1CCN2C(=O)N(C3CCCC3C(=O)O)CC2C1. The van der Waals surface area contributed by atoms with E-state index in [4.69, 9.17) is 0 Å². The maximum Gasteiger partial charge on any atom is 0.320 e. The smallest absolute Gasteiger partial charge is 0.320 e. The van der Waals surface area contributed by atoms with E-state index >= 15 is 0 Å². The van der Waals surface area contributed by atoms with Crippen molar-refractivity contribution in [3.8, 4) is 0 Å². The molecule has 22 heavy (non-hydrogen) atoms. The molecule has 2 aliphatic heterocycles. The number of nitrogens with zero attached hydrogens (tertiary/aromatic N) is 3. The van der Waals surface area contributed by atoms with Gasteiger partial charge in [0.15, 0.2) is 0 Å². The first-order valence-corrected chi connectivity index (χ1v) is 8.34. The van der Waals surface area contributed by atoms with E-state index in [-0.39, 0.29) is 29.6 Å². The highest BCUT2D eigenvalue weighted by molar-refractivity contribution is 5.79. The number of urea groups is 1.